The molecule has 0 saturated carbocycles. The molecule has 0 aliphatic rings. The summed E-state index contributed by atoms with van der Waals surface area (Å²) < 4.78 is 0. The van der Waals surface area contributed by atoms with Gasteiger partial charge in [0.2, 0.25) is 0 Å². The van der Waals surface area contributed by atoms with Gasteiger partial charge >= 0.3 is 94.4 Å². The van der Waals surface area contributed by atoms with E-state index in [2.05, 4.69) is 0 Å². The van der Waals surface area contributed by atoms with Crippen molar-refractivity contribution in [2.24, 2.45) is 0 Å². The van der Waals surface area contributed by atoms with Gasteiger partial charge in [-0.05, 0) is 0 Å². The van der Waals surface area contributed by atoms with E-state index >= 15 is 0 Å². The van der Waals surface area contributed by atoms with Crippen LogP contribution in [0, 0.1) is 0 Å². The first-order valence-electron chi connectivity index (χ1n) is 0. The molecule has 16 valence electrons. The Labute approximate surface area is 102 Å². The first kappa shape index (κ1) is 28.2. The monoisotopic (exact) mass is 260 g/mol. The molecule has 4 heteroatoms. The summed E-state index contributed by atoms with van der Waals surface area (Å²) in [7, 11) is 0. The Balaban J connectivity index is 0. The molecule has 0 aromatic rings. The van der Waals surface area contributed by atoms with Crippen molar-refractivity contribution in [3.8, 4) is 0 Å². The summed E-state index contributed by atoms with van der Waals surface area (Å²) in [6, 6.07) is 0. The van der Waals surface area contributed by atoms with E-state index in [1.54, 1.807) is 0 Å². The van der Waals surface area contributed by atoms with Crippen molar-refractivity contribution in [1.82, 2.24) is 0 Å². The first-order chi connectivity index (χ1) is 0. The van der Waals surface area contributed by atoms with Crippen LogP contribution < -0.4 is 0 Å². The fraction of sp³-hybridized carbons (Fsp3) is 0. The van der Waals surface area contributed by atoms with Gasteiger partial charge in [-0.1, -0.05) is 0 Å². The predicted molar refractivity (Wildman–Crippen MR) is 15.4 cm³/mol. The first-order valence-corrected chi connectivity index (χ1v) is 0. The van der Waals surface area contributed by atoms with Crippen LogP contribution in [-0.2, 0) is 0 Å². The maximum Gasteiger partial charge on any atom is 2.00 e. The minimum absolute atomic E-state index is 0. The molecule has 0 unspecified atom stereocenters. The molecular weight excluding hydrogens is 257 g/mol. The molecule has 0 fully saturated rings. The van der Waals surface area contributed by atoms with Gasteiger partial charge in [0.1, 0.15) is 0 Å². The second kappa shape index (κ2) is 16.7. The fourth-order valence-electron chi connectivity index (χ4n) is 0. The average Bonchev–Trinajstić information content (AvgIpc) is 0. The van der Waals surface area contributed by atoms with Gasteiger partial charge in [-0.25, -0.2) is 0 Å². The Morgan fingerprint density at radius 1 is 0.750 bits per heavy atom. The van der Waals surface area contributed by atoms with E-state index in [0.29, 0.717) is 0 Å². The summed E-state index contributed by atoms with van der Waals surface area (Å²) in [5.74, 6) is 0. The van der Waals surface area contributed by atoms with Crippen molar-refractivity contribution < 1.29 is 11.0 Å². The predicted octanol–water partition coefficient (Wildman–Crippen LogP) is -1.12. The number of rotatable bonds is 0. The van der Waals surface area contributed by atoms with E-state index in [4.69, 9.17) is 0 Å². The van der Waals surface area contributed by atoms with Crippen molar-refractivity contribution >= 4 is 94.4 Å². The van der Waals surface area contributed by atoms with Crippen LogP contribution in [0.3, 0.4) is 0 Å². The Hall–Kier alpha value is 2.97. The van der Waals surface area contributed by atoms with Gasteiger partial charge in [-0.15, -0.1) is 0 Å². The summed E-state index contributed by atoms with van der Waals surface area (Å²) in [5, 5.41) is 0. The normalized spacial score (nSPS) is 0. The van der Waals surface area contributed by atoms with Gasteiger partial charge in [0.15, 0.2) is 0 Å². The second-order valence-electron chi connectivity index (χ2n) is 0. The summed E-state index contributed by atoms with van der Waals surface area (Å²) in [6.07, 6.45) is 0. The minimum Gasteiger partial charge on any atom is -0.870 e. The topological polar surface area (TPSA) is 60.0 Å². The quantitative estimate of drug-likeness (QED) is 0.517. The van der Waals surface area contributed by atoms with Gasteiger partial charge in [0, 0.05) is 0 Å². The average molecular weight is 259 g/mol. The molecular formula is H2BaO2Sr+2. The molecule has 0 aromatic carbocycles. The standard InChI is InChI=1S/Ba.2H2O.Sr/h;2*1H2;/q+2;;;+2/p-2. The Morgan fingerprint density at radius 3 is 0.750 bits per heavy atom. The molecule has 4 heavy (non-hydrogen) atoms. The Morgan fingerprint density at radius 2 is 0.750 bits per heavy atom. The Kier molecular flexibility index (Phi) is 118. The van der Waals surface area contributed by atoms with Crippen molar-refractivity contribution in [2.45, 2.75) is 0 Å². The van der Waals surface area contributed by atoms with Gasteiger partial charge < -0.3 is 11.0 Å². The van der Waals surface area contributed by atoms with E-state index in [0.717, 1.165) is 0 Å². The van der Waals surface area contributed by atoms with Crippen LogP contribution in [0.5, 0.6) is 0 Å². The van der Waals surface area contributed by atoms with Crippen LogP contribution in [-0.4, -0.2) is 105 Å². The van der Waals surface area contributed by atoms with E-state index in [-0.39, 0.29) is 105 Å². The zero-order chi connectivity index (χ0) is 0. The maximum atomic E-state index is 0. The molecule has 0 spiro atoms. The summed E-state index contributed by atoms with van der Waals surface area (Å²) in [5.41, 5.74) is 0. The number of hydrogen-bond acceptors (Lipinski definition) is 2. The molecule has 0 aromatic heterocycles. The number of hydrogen-bond donors (Lipinski definition) is 0. The molecule has 0 bridgehead atoms. The third-order valence-electron chi connectivity index (χ3n) is 0. The third-order valence-corrected chi connectivity index (χ3v) is 0. The third kappa shape index (κ3) is 8.88. The molecule has 0 rings (SSSR count). The summed E-state index contributed by atoms with van der Waals surface area (Å²) >= 11 is 0. The summed E-state index contributed by atoms with van der Waals surface area (Å²) in [4.78, 5) is 0. The van der Waals surface area contributed by atoms with Crippen LogP contribution in [0.1, 0.15) is 0 Å². The van der Waals surface area contributed by atoms with E-state index in [1.165, 1.54) is 0 Å². The van der Waals surface area contributed by atoms with Crippen LogP contribution in [0.4, 0.5) is 0 Å². The molecule has 2 N–H and O–H groups in total. The Bertz CT molecular complexity index is 6.00. The van der Waals surface area contributed by atoms with Crippen molar-refractivity contribution in [1.29, 1.82) is 0 Å². The minimum atomic E-state index is 0. The van der Waals surface area contributed by atoms with Crippen LogP contribution in [0.25, 0.3) is 0 Å². The van der Waals surface area contributed by atoms with Crippen LogP contribution >= 0.6 is 0 Å². The van der Waals surface area contributed by atoms with Gasteiger partial charge in [0.05, 0.1) is 0 Å². The van der Waals surface area contributed by atoms with E-state index in [9.17, 15) is 0 Å². The van der Waals surface area contributed by atoms with Gasteiger partial charge in [0.25, 0.3) is 0 Å². The van der Waals surface area contributed by atoms with Crippen LogP contribution in [0.2, 0.25) is 0 Å². The largest absolute Gasteiger partial charge is 2.00 e. The molecule has 0 atom stereocenters. The molecule has 0 radical (unpaired) electrons. The molecule has 0 amide bonds. The molecule has 0 aliphatic heterocycles. The fourth-order valence-corrected chi connectivity index (χ4v) is 0. The smallest absolute Gasteiger partial charge is 0.870 e. The zero-order valence-electron chi connectivity index (χ0n) is 2.31. The summed E-state index contributed by atoms with van der Waals surface area (Å²) in [6.45, 7) is 0. The van der Waals surface area contributed by atoms with Crippen molar-refractivity contribution in [2.75, 3.05) is 0 Å². The molecule has 0 saturated heterocycles. The van der Waals surface area contributed by atoms with Crippen LogP contribution in [0.15, 0.2) is 0 Å². The molecule has 0 aliphatic carbocycles. The SMILES string of the molecule is [Ba+2].[OH-].[OH-].[Sr+2]. The zero-order valence-corrected chi connectivity index (χ0v) is 10.2. The molecule has 2 nitrogen and oxygen atoms in total. The van der Waals surface area contributed by atoms with Gasteiger partial charge in [-0.2, -0.15) is 0 Å². The second-order valence-corrected chi connectivity index (χ2v) is 0. The maximum absolute atomic E-state index is 0. The van der Waals surface area contributed by atoms with E-state index < -0.39 is 0 Å². The van der Waals surface area contributed by atoms with Crippen molar-refractivity contribution in [3.05, 3.63) is 0 Å². The van der Waals surface area contributed by atoms with Crippen molar-refractivity contribution in [3.63, 3.8) is 0 Å². The van der Waals surface area contributed by atoms with Gasteiger partial charge in [-0.3, -0.25) is 0 Å². The molecule has 0 heterocycles. The van der Waals surface area contributed by atoms with E-state index in [1.807, 2.05) is 0 Å².